The summed E-state index contributed by atoms with van der Waals surface area (Å²) < 4.78 is 22.8. The second-order valence-electron chi connectivity index (χ2n) is 10.0. The minimum absolute atomic E-state index is 0.144. The number of anilines is 4. The van der Waals surface area contributed by atoms with Gasteiger partial charge in [-0.2, -0.15) is 9.97 Å². The van der Waals surface area contributed by atoms with E-state index in [0.717, 1.165) is 18.4 Å². The van der Waals surface area contributed by atoms with E-state index in [1.54, 1.807) is 52.3 Å². The molecule has 1 aromatic carbocycles. The van der Waals surface area contributed by atoms with E-state index < -0.39 is 14.1 Å². The molecule has 0 aliphatic carbocycles. The Morgan fingerprint density at radius 2 is 1.93 bits per heavy atom. The predicted molar refractivity (Wildman–Crippen MR) is 170 cm³/mol. The molecule has 1 fully saturated rings. The fourth-order valence-electron chi connectivity index (χ4n) is 4.12. The Kier molecular flexibility index (Phi) is 14.4. The van der Waals surface area contributed by atoms with Crippen LogP contribution in [0.5, 0.6) is 5.75 Å². The van der Waals surface area contributed by atoms with Gasteiger partial charge in [-0.3, -0.25) is 5.01 Å². The highest BCUT2D eigenvalue weighted by Crippen LogP contribution is 2.43. The van der Waals surface area contributed by atoms with E-state index in [1.807, 2.05) is 25.7 Å². The minimum atomic E-state index is -1.64. The maximum Gasteiger partial charge on any atom is 0.319 e. The van der Waals surface area contributed by atoms with Gasteiger partial charge >= 0.3 is 8.53 Å². The Morgan fingerprint density at radius 1 is 1.29 bits per heavy atom. The van der Waals surface area contributed by atoms with Gasteiger partial charge in [-0.1, -0.05) is 32.4 Å². The molecule has 2 aliphatic rings. The molecule has 0 bridgehead atoms. The number of nitrogens with two attached hydrogens (primary N) is 2. The summed E-state index contributed by atoms with van der Waals surface area (Å²) in [4.78, 5) is 22.3. The minimum Gasteiger partial charge on any atom is -0.436 e. The van der Waals surface area contributed by atoms with Crippen LogP contribution in [0, 0.1) is 5.92 Å². The zero-order valence-corrected chi connectivity index (χ0v) is 27.4. The zero-order chi connectivity index (χ0) is 31.4. The molecule has 2 aliphatic heterocycles. The fraction of sp³-hybridized carbons (Fsp3) is 0.593. The molecule has 1 aromatic heterocycles. The number of nitrogens with one attached hydrogen (secondary N) is 2. The number of carbonyl (C=O) groups excluding carboxylic acids is 1. The van der Waals surface area contributed by atoms with Gasteiger partial charge in [0.2, 0.25) is 5.95 Å². The van der Waals surface area contributed by atoms with Crippen LogP contribution in [0.2, 0.25) is 5.02 Å². The molecule has 0 radical (unpaired) electrons. The first-order valence-electron chi connectivity index (χ1n) is 13.9. The Labute approximate surface area is 255 Å². The second kappa shape index (κ2) is 17.0. The van der Waals surface area contributed by atoms with Crippen LogP contribution in [0.3, 0.4) is 0 Å². The largest absolute Gasteiger partial charge is 0.436 e. The Bertz CT molecular complexity index is 1120. The molecule has 0 saturated carbocycles. The molecular weight excluding hydrogens is 583 g/mol. The van der Waals surface area contributed by atoms with Gasteiger partial charge in [0, 0.05) is 31.7 Å². The van der Waals surface area contributed by atoms with Gasteiger partial charge in [0.05, 0.1) is 24.9 Å². The summed E-state index contributed by atoms with van der Waals surface area (Å²) in [6.07, 6.45) is 1.15. The smallest absolute Gasteiger partial charge is 0.319 e. The number of fused-ring (bicyclic) bond motifs is 1. The number of hydrogen-bond acceptors (Lipinski definition) is 13. The highest BCUT2D eigenvalue weighted by molar-refractivity contribution is 7.45. The molecule has 2 aromatic rings. The van der Waals surface area contributed by atoms with E-state index in [9.17, 15) is 4.79 Å². The summed E-state index contributed by atoms with van der Waals surface area (Å²) >= 11 is 5.99. The second-order valence-corrected chi connectivity index (χ2v) is 11.6. The van der Waals surface area contributed by atoms with Gasteiger partial charge in [-0.05, 0) is 51.5 Å². The average Bonchev–Trinajstić information content (AvgIpc) is 3.55. The van der Waals surface area contributed by atoms with Gasteiger partial charge < -0.3 is 39.3 Å². The molecule has 15 heteroatoms. The lowest BCUT2D eigenvalue weighted by Gasteiger charge is -2.28. The SMILES string of the molecule is CC.CCN(N)c1nc(N)nc2c1NCN2C1OC(COP(NC(C)(C)C=O)Oc2ccc(Cl)cc2)CC1C.COC. The first kappa shape index (κ1) is 35.7. The van der Waals surface area contributed by atoms with Gasteiger partial charge in [0.1, 0.15) is 24.0 Å². The quantitative estimate of drug-likeness (QED) is 0.119. The lowest BCUT2D eigenvalue weighted by molar-refractivity contribution is -0.111. The van der Waals surface area contributed by atoms with Crippen LogP contribution in [0.1, 0.15) is 48.0 Å². The third-order valence-electron chi connectivity index (χ3n) is 6.01. The summed E-state index contributed by atoms with van der Waals surface area (Å²) in [5.41, 5.74) is 5.89. The van der Waals surface area contributed by atoms with Crippen molar-refractivity contribution in [2.75, 3.05) is 55.0 Å². The van der Waals surface area contributed by atoms with E-state index >= 15 is 0 Å². The van der Waals surface area contributed by atoms with Crippen molar-refractivity contribution in [2.45, 2.75) is 65.8 Å². The molecule has 6 N–H and O–H groups in total. The van der Waals surface area contributed by atoms with Crippen LogP contribution < -0.4 is 36.4 Å². The maximum absolute atomic E-state index is 11.5. The number of rotatable bonds is 11. The Morgan fingerprint density at radius 3 is 2.52 bits per heavy atom. The highest BCUT2D eigenvalue weighted by atomic mass is 35.5. The van der Waals surface area contributed by atoms with Crippen molar-refractivity contribution in [1.82, 2.24) is 15.1 Å². The number of halogens is 1. The number of carbonyl (C=O) groups is 1. The number of nitrogens with zero attached hydrogens (tertiary/aromatic N) is 4. The number of hydrazine groups is 1. The van der Waals surface area contributed by atoms with Gasteiger partial charge in [-0.15, -0.1) is 0 Å². The third kappa shape index (κ3) is 9.77. The van der Waals surface area contributed by atoms with Gasteiger partial charge in [0.25, 0.3) is 0 Å². The summed E-state index contributed by atoms with van der Waals surface area (Å²) in [5.74, 6) is 8.22. The molecule has 3 heterocycles. The van der Waals surface area contributed by atoms with E-state index in [4.69, 9.17) is 37.0 Å². The average molecular weight is 629 g/mol. The molecule has 13 nitrogen and oxygen atoms in total. The van der Waals surface area contributed by atoms with Crippen LogP contribution in [0.25, 0.3) is 0 Å². The summed E-state index contributed by atoms with van der Waals surface area (Å²) in [7, 11) is 1.61. The predicted octanol–water partition coefficient (Wildman–Crippen LogP) is 4.53. The van der Waals surface area contributed by atoms with Crippen molar-refractivity contribution in [2.24, 2.45) is 11.8 Å². The van der Waals surface area contributed by atoms with Crippen LogP contribution >= 0.6 is 20.1 Å². The molecule has 4 rings (SSSR count). The molecule has 0 amide bonds. The molecule has 1 saturated heterocycles. The molecule has 4 atom stereocenters. The van der Waals surface area contributed by atoms with Crippen molar-refractivity contribution in [3.05, 3.63) is 29.3 Å². The lowest BCUT2D eigenvalue weighted by Crippen LogP contribution is -2.39. The topological polar surface area (TPSA) is 162 Å². The van der Waals surface area contributed by atoms with E-state index in [-0.39, 0.29) is 30.8 Å². The third-order valence-corrected chi connectivity index (χ3v) is 7.78. The van der Waals surface area contributed by atoms with Crippen molar-refractivity contribution in [3.8, 4) is 5.75 Å². The molecule has 236 valence electrons. The van der Waals surface area contributed by atoms with Crippen molar-refractivity contribution < 1.29 is 23.3 Å². The monoisotopic (exact) mass is 628 g/mol. The van der Waals surface area contributed by atoms with Crippen LogP contribution in [-0.4, -0.2) is 68.2 Å². The number of nitrogen functional groups attached to an aromatic ring is 1. The molecule has 4 unspecified atom stereocenters. The normalized spacial score (nSPS) is 19.9. The Hall–Kier alpha value is -2.51. The summed E-state index contributed by atoms with van der Waals surface area (Å²) in [6, 6.07) is 6.97. The molecule has 0 spiro atoms. The highest BCUT2D eigenvalue weighted by Gasteiger charge is 2.41. The zero-order valence-electron chi connectivity index (χ0n) is 25.8. The number of ether oxygens (including phenoxy) is 2. The summed E-state index contributed by atoms with van der Waals surface area (Å²) in [5, 5.41) is 8.60. The standard InChI is InChI=1S/C23H34ClN8O4P.C2H6O.C2H6/c1-5-32(26)20-18-19(28-22(25)29-20)31(13-27-18)21-14(2)10-17(35-21)11-34-37(30-23(3,4)12-33)36-16-8-6-15(24)7-9-16;1-3-2;1-2/h6-9,12,14,17,21,27,30H,5,10-11,13,26H2,1-4H3,(H2,25,28,29);1-2H3;1-2H3. The van der Waals surface area contributed by atoms with Gasteiger partial charge in [-0.25, -0.2) is 10.9 Å². The number of aromatic nitrogens is 2. The number of benzene rings is 1. The first-order chi connectivity index (χ1) is 20.0. The number of hydrogen-bond donors (Lipinski definition) is 4. The Balaban J connectivity index is 0.00000116. The van der Waals surface area contributed by atoms with E-state index in [2.05, 4.69) is 32.0 Å². The molecular formula is C27H46ClN8O5P. The summed E-state index contributed by atoms with van der Waals surface area (Å²) in [6.45, 7) is 12.9. The van der Waals surface area contributed by atoms with Crippen molar-refractivity contribution in [1.29, 1.82) is 0 Å². The lowest BCUT2D eigenvalue weighted by atomic mass is 10.1. The number of aldehydes is 1. The van der Waals surface area contributed by atoms with Crippen LogP contribution in [0.4, 0.5) is 23.3 Å². The van der Waals surface area contributed by atoms with Crippen molar-refractivity contribution >= 4 is 49.7 Å². The van der Waals surface area contributed by atoms with Crippen molar-refractivity contribution in [3.63, 3.8) is 0 Å². The van der Waals surface area contributed by atoms with Crippen LogP contribution in [0.15, 0.2) is 24.3 Å². The first-order valence-corrected chi connectivity index (χ1v) is 15.4. The van der Waals surface area contributed by atoms with E-state index in [1.165, 1.54) is 5.01 Å². The molecule has 42 heavy (non-hydrogen) atoms. The maximum atomic E-state index is 11.5. The van der Waals surface area contributed by atoms with E-state index in [0.29, 0.717) is 35.6 Å². The number of methoxy groups -OCH3 is 1. The van der Waals surface area contributed by atoms with Crippen LogP contribution in [-0.2, 0) is 18.8 Å². The fourth-order valence-corrected chi connectivity index (χ4v) is 5.54. The van der Waals surface area contributed by atoms with Gasteiger partial charge in [0.15, 0.2) is 11.6 Å².